The number of ether oxygens (including phenoxy) is 2. The first-order chi connectivity index (χ1) is 8.19. The van der Waals surface area contributed by atoms with Gasteiger partial charge in [0.1, 0.15) is 0 Å². The van der Waals surface area contributed by atoms with E-state index in [-0.39, 0.29) is 5.60 Å². The van der Waals surface area contributed by atoms with E-state index in [4.69, 9.17) is 9.47 Å². The summed E-state index contributed by atoms with van der Waals surface area (Å²) in [6.07, 6.45) is 7.53. The fraction of sp³-hybridized carbons (Fsp3) is 1.00. The van der Waals surface area contributed by atoms with Crippen LogP contribution in [0, 0.1) is 5.92 Å². The summed E-state index contributed by atoms with van der Waals surface area (Å²) in [4.78, 5) is 0. The Morgan fingerprint density at radius 1 is 1.18 bits per heavy atom. The van der Waals surface area contributed by atoms with Crippen molar-refractivity contribution in [3.8, 4) is 0 Å². The van der Waals surface area contributed by atoms with E-state index in [0.717, 1.165) is 38.4 Å². The van der Waals surface area contributed by atoms with Gasteiger partial charge in [-0.3, -0.25) is 0 Å². The van der Waals surface area contributed by atoms with Gasteiger partial charge in [0, 0.05) is 13.0 Å². The molecule has 1 unspecified atom stereocenters. The molecule has 0 saturated carbocycles. The predicted octanol–water partition coefficient (Wildman–Crippen LogP) is 4.18. The average Bonchev–Trinajstić information content (AvgIpc) is 3.17. The first-order valence-corrected chi connectivity index (χ1v) is 7.45. The average molecular weight is 242 g/mol. The molecule has 0 N–H and O–H groups in total. The van der Waals surface area contributed by atoms with E-state index in [1.54, 1.807) is 0 Å². The lowest BCUT2D eigenvalue weighted by molar-refractivity contribution is -0.0657. The third-order valence-electron chi connectivity index (χ3n) is 4.38. The number of hydrogen-bond donors (Lipinski definition) is 0. The van der Waals surface area contributed by atoms with Crippen LogP contribution < -0.4 is 0 Å². The van der Waals surface area contributed by atoms with E-state index in [1.807, 2.05) is 0 Å². The standard InChI is InChI=1S/C15H30O2/c1-5-13(6-2)9-10-17-15(7-3,8-4)11-14-12-16-14/h13-14H,5-12H2,1-4H3. The van der Waals surface area contributed by atoms with E-state index >= 15 is 0 Å². The molecule has 0 aliphatic carbocycles. The molecular weight excluding hydrogens is 212 g/mol. The molecule has 1 atom stereocenters. The third kappa shape index (κ3) is 4.97. The van der Waals surface area contributed by atoms with Crippen LogP contribution in [0.4, 0.5) is 0 Å². The molecule has 2 heteroatoms. The van der Waals surface area contributed by atoms with Crippen molar-refractivity contribution in [1.82, 2.24) is 0 Å². The van der Waals surface area contributed by atoms with Crippen molar-refractivity contribution >= 4 is 0 Å². The van der Waals surface area contributed by atoms with Crippen LogP contribution in [-0.2, 0) is 9.47 Å². The number of epoxide rings is 1. The first kappa shape index (κ1) is 15.0. The van der Waals surface area contributed by atoms with Crippen LogP contribution in [0.5, 0.6) is 0 Å². The van der Waals surface area contributed by atoms with Gasteiger partial charge in [-0.05, 0) is 25.2 Å². The molecule has 102 valence electrons. The Bertz CT molecular complexity index is 191. The largest absolute Gasteiger partial charge is 0.375 e. The second-order valence-electron chi connectivity index (χ2n) is 5.37. The van der Waals surface area contributed by atoms with Crippen molar-refractivity contribution in [2.24, 2.45) is 5.92 Å². The van der Waals surface area contributed by atoms with Crippen LogP contribution in [-0.4, -0.2) is 24.9 Å². The van der Waals surface area contributed by atoms with Crippen LogP contribution in [0.1, 0.15) is 66.2 Å². The van der Waals surface area contributed by atoms with Crippen LogP contribution >= 0.6 is 0 Å². The zero-order chi connectivity index (χ0) is 12.7. The van der Waals surface area contributed by atoms with Crippen LogP contribution in [0.15, 0.2) is 0 Å². The molecule has 0 aromatic rings. The Kier molecular flexibility index (Phi) is 6.50. The Morgan fingerprint density at radius 2 is 1.76 bits per heavy atom. The summed E-state index contributed by atoms with van der Waals surface area (Å²) in [7, 11) is 0. The Morgan fingerprint density at radius 3 is 2.18 bits per heavy atom. The maximum atomic E-state index is 6.23. The zero-order valence-electron chi connectivity index (χ0n) is 12.1. The molecule has 1 saturated heterocycles. The summed E-state index contributed by atoms with van der Waals surface area (Å²) >= 11 is 0. The highest BCUT2D eigenvalue weighted by atomic mass is 16.6. The van der Waals surface area contributed by atoms with Gasteiger partial charge >= 0.3 is 0 Å². The minimum atomic E-state index is 0.0766. The zero-order valence-corrected chi connectivity index (χ0v) is 12.1. The minimum absolute atomic E-state index is 0.0766. The maximum absolute atomic E-state index is 6.23. The highest BCUT2D eigenvalue weighted by Crippen LogP contribution is 2.32. The highest BCUT2D eigenvalue weighted by molar-refractivity contribution is 4.86. The van der Waals surface area contributed by atoms with Gasteiger partial charge < -0.3 is 9.47 Å². The number of hydrogen-bond acceptors (Lipinski definition) is 2. The maximum Gasteiger partial charge on any atom is 0.0837 e. The predicted molar refractivity (Wildman–Crippen MR) is 72.3 cm³/mol. The monoisotopic (exact) mass is 242 g/mol. The van der Waals surface area contributed by atoms with Crippen LogP contribution in [0.2, 0.25) is 0 Å². The Labute approximate surface area is 107 Å². The van der Waals surface area contributed by atoms with Crippen LogP contribution in [0.3, 0.4) is 0 Å². The van der Waals surface area contributed by atoms with Crippen molar-refractivity contribution in [1.29, 1.82) is 0 Å². The smallest absolute Gasteiger partial charge is 0.0837 e. The fourth-order valence-electron chi connectivity index (χ4n) is 2.54. The Hall–Kier alpha value is -0.0800. The van der Waals surface area contributed by atoms with E-state index in [9.17, 15) is 0 Å². The van der Waals surface area contributed by atoms with E-state index in [2.05, 4.69) is 27.7 Å². The van der Waals surface area contributed by atoms with Gasteiger partial charge in [-0.25, -0.2) is 0 Å². The van der Waals surface area contributed by atoms with Gasteiger partial charge in [0.2, 0.25) is 0 Å². The summed E-state index contributed by atoms with van der Waals surface area (Å²) in [6.45, 7) is 10.9. The molecule has 1 aliphatic heterocycles. The van der Waals surface area contributed by atoms with Crippen molar-refractivity contribution in [2.75, 3.05) is 13.2 Å². The SMILES string of the molecule is CCC(CC)CCOC(CC)(CC)CC1CO1. The summed E-state index contributed by atoms with van der Waals surface area (Å²) in [5.74, 6) is 0.832. The second kappa shape index (κ2) is 7.38. The molecule has 1 heterocycles. The summed E-state index contributed by atoms with van der Waals surface area (Å²) in [6, 6.07) is 0. The molecule has 0 amide bonds. The summed E-state index contributed by atoms with van der Waals surface area (Å²) in [5.41, 5.74) is 0.0766. The molecule has 0 aromatic carbocycles. The molecule has 0 spiro atoms. The number of rotatable bonds is 10. The summed E-state index contributed by atoms with van der Waals surface area (Å²) in [5, 5.41) is 0. The quantitative estimate of drug-likeness (QED) is 0.536. The van der Waals surface area contributed by atoms with Crippen molar-refractivity contribution < 1.29 is 9.47 Å². The van der Waals surface area contributed by atoms with E-state index < -0.39 is 0 Å². The van der Waals surface area contributed by atoms with Gasteiger partial charge in [0.05, 0.1) is 18.3 Å². The molecule has 0 radical (unpaired) electrons. The van der Waals surface area contributed by atoms with E-state index in [0.29, 0.717) is 6.10 Å². The van der Waals surface area contributed by atoms with Crippen molar-refractivity contribution in [2.45, 2.75) is 77.9 Å². The normalized spacial score (nSPS) is 19.9. The molecular formula is C15H30O2. The highest BCUT2D eigenvalue weighted by Gasteiger charge is 2.36. The lowest BCUT2D eigenvalue weighted by atomic mass is 9.91. The molecule has 2 nitrogen and oxygen atoms in total. The summed E-state index contributed by atoms with van der Waals surface area (Å²) < 4.78 is 11.6. The van der Waals surface area contributed by atoms with Crippen LogP contribution in [0.25, 0.3) is 0 Å². The molecule has 1 fully saturated rings. The van der Waals surface area contributed by atoms with Gasteiger partial charge in [-0.2, -0.15) is 0 Å². The first-order valence-electron chi connectivity index (χ1n) is 7.45. The molecule has 0 bridgehead atoms. The topological polar surface area (TPSA) is 21.8 Å². The molecule has 1 rings (SSSR count). The second-order valence-corrected chi connectivity index (χ2v) is 5.37. The van der Waals surface area contributed by atoms with Gasteiger partial charge in [-0.1, -0.05) is 40.5 Å². The van der Waals surface area contributed by atoms with Gasteiger partial charge in [-0.15, -0.1) is 0 Å². The van der Waals surface area contributed by atoms with Gasteiger partial charge in [0.25, 0.3) is 0 Å². The van der Waals surface area contributed by atoms with Gasteiger partial charge in [0.15, 0.2) is 0 Å². The van der Waals surface area contributed by atoms with E-state index in [1.165, 1.54) is 19.3 Å². The van der Waals surface area contributed by atoms with Crippen molar-refractivity contribution in [3.63, 3.8) is 0 Å². The minimum Gasteiger partial charge on any atom is -0.375 e. The lowest BCUT2D eigenvalue weighted by Crippen LogP contribution is -2.33. The molecule has 0 aromatic heterocycles. The van der Waals surface area contributed by atoms with Crippen molar-refractivity contribution in [3.05, 3.63) is 0 Å². The lowest BCUT2D eigenvalue weighted by Gasteiger charge is -2.32. The molecule has 1 aliphatic rings. The molecule has 17 heavy (non-hydrogen) atoms. The Balaban J connectivity index is 2.32. The third-order valence-corrected chi connectivity index (χ3v) is 4.38. The fourth-order valence-corrected chi connectivity index (χ4v) is 2.54.